The van der Waals surface area contributed by atoms with Crippen molar-refractivity contribution in [1.82, 2.24) is 0 Å². The second-order valence-corrected chi connectivity index (χ2v) is 4.42. The van der Waals surface area contributed by atoms with Crippen LogP contribution in [0.5, 0.6) is 5.75 Å². The van der Waals surface area contributed by atoms with Gasteiger partial charge in [-0.1, -0.05) is 29.2 Å². The zero-order valence-electron chi connectivity index (χ0n) is 14.8. The first-order valence-corrected chi connectivity index (χ1v) is 6.02. The summed E-state index contributed by atoms with van der Waals surface area (Å²) >= 11 is 12.0. The average Bonchev–Trinajstić information content (AvgIpc) is 2.56. The van der Waals surface area contributed by atoms with Crippen molar-refractivity contribution in [2.75, 3.05) is 5.32 Å². The third kappa shape index (κ3) is 3.35. The van der Waals surface area contributed by atoms with Gasteiger partial charge in [0.2, 0.25) is 0 Å². The molecule has 0 atom stereocenters. The fraction of sp³-hybridized carbons (Fsp3) is 0.0714. The predicted molar refractivity (Wildman–Crippen MR) is 79.2 cm³/mol. The summed E-state index contributed by atoms with van der Waals surface area (Å²) in [5.74, 6) is -2.13. The molecule has 20 heavy (non-hydrogen) atoms. The zero-order valence-corrected chi connectivity index (χ0v) is 11.3. The molecule has 0 aliphatic heterocycles. The van der Waals surface area contributed by atoms with Crippen molar-refractivity contribution in [3.05, 3.63) is 51.9 Å². The van der Waals surface area contributed by atoms with Crippen LogP contribution in [0.3, 0.4) is 0 Å². The number of halogens is 2. The first kappa shape index (κ1) is 9.10. The number of carboxylic acid groups (broad SMARTS) is 1. The number of rotatable bonds is 4. The lowest BCUT2D eigenvalue weighted by Gasteiger charge is -2.14. The molecule has 6 heteroatoms. The summed E-state index contributed by atoms with van der Waals surface area (Å²) in [6.07, 6.45) is -2.84. The Morgan fingerprint density at radius 1 is 1.35 bits per heavy atom. The van der Waals surface area contributed by atoms with Crippen LogP contribution < -0.4 is 5.32 Å². The maximum absolute atomic E-state index is 11.2. The number of anilines is 2. The van der Waals surface area contributed by atoms with Crippen LogP contribution in [-0.4, -0.2) is 16.2 Å². The molecule has 0 saturated carbocycles. The molecule has 0 radical (unpaired) electrons. The number of hydrogen-bond acceptors (Lipinski definition) is 3. The van der Waals surface area contributed by atoms with E-state index in [0.717, 1.165) is 6.07 Å². The van der Waals surface area contributed by atoms with E-state index in [1.165, 1.54) is 12.1 Å². The van der Waals surface area contributed by atoms with E-state index in [1.54, 1.807) is 0 Å². The molecule has 2 rings (SSSR count). The molecule has 104 valence electrons. The molecule has 2 aromatic carbocycles. The molecular formula is C14H11Cl2NO3. The predicted octanol–water partition coefficient (Wildman–Crippen LogP) is 4.07. The molecule has 4 nitrogen and oxygen atoms in total. The molecule has 0 heterocycles. The van der Waals surface area contributed by atoms with Crippen molar-refractivity contribution < 1.29 is 21.9 Å². The van der Waals surface area contributed by atoms with E-state index in [4.69, 9.17) is 35.2 Å². The molecule has 0 bridgehead atoms. The second kappa shape index (κ2) is 6.03. The largest absolute Gasteiger partial charge is 0.508 e. The minimum absolute atomic E-state index is 0.0782. The number of hydrogen-bond donors (Lipinski definition) is 3. The number of aromatic hydroxyl groups is 1. The Morgan fingerprint density at radius 2 is 2.00 bits per heavy atom. The number of carbonyl (C=O) groups is 1. The fourth-order valence-corrected chi connectivity index (χ4v) is 1.89. The van der Waals surface area contributed by atoms with Gasteiger partial charge >= 0.3 is 5.97 Å². The van der Waals surface area contributed by atoms with Gasteiger partial charge in [-0.3, -0.25) is 4.79 Å². The first-order valence-electron chi connectivity index (χ1n) is 7.77. The molecule has 0 aliphatic rings. The van der Waals surface area contributed by atoms with Crippen molar-refractivity contribution in [3.63, 3.8) is 0 Å². The van der Waals surface area contributed by atoms with Gasteiger partial charge in [0.05, 0.1) is 26.2 Å². The molecule has 0 saturated heterocycles. The lowest BCUT2D eigenvalue weighted by atomic mass is 10.1. The van der Waals surface area contributed by atoms with E-state index < -0.39 is 36.0 Å². The molecule has 0 amide bonds. The van der Waals surface area contributed by atoms with Crippen LogP contribution in [-0.2, 0) is 11.2 Å². The highest BCUT2D eigenvalue weighted by atomic mass is 35.5. The molecular weight excluding hydrogens is 301 g/mol. The second-order valence-electron chi connectivity index (χ2n) is 3.66. The van der Waals surface area contributed by atoms with Gasteiger partial charge in [0.15, 0.2) is 0 Å². The standard InChI is InChI=1S/C14H11Cl2NO3/c15-10-2-1-3-11(16)14(10)17-12-5-4-9(18)6-8(12)7-13(19)20/h1-6,17-18H,7H2,(H,19,20)/i1D,2D,3D,7D2. The van der Waals surface area contributed by atoms with Crippen molar-refractivity contribution >= 4 is 40.5 Å². The lowest BCUT2D eigenvalue weighted by Crippen LogP contribution is -2.04. The topological polar surface area (TPSA) is 69.6 Å². The van der Waals surface area contributed by atoms with E-state index >= 15 is 0 Å². The Balaban J connectivity index is 2.66. The third-order valence-electron chi connectivity index (χ3n) is 2.29. The third-order valence-corrected chi connectivity index (χ3v) is 2.85. The zero-order chi connectivity index (χ0) is 19.1. The van der Waals surface area contributed by atoms with Crippen molar-refractivity contribution in [3.8, 4) is 5.75 Å². The van der Waals surface area contributed by atoms with E-state index in [1.807, 2.05) is 0 Å². The molecule has 2 aromatic rings. The highest BCUT2D eigenvalue weighted by Crippen LogP contribution is 2.34. The van der Waals surface area contributed by atoms with Crippen LogP contribution in [0.1, 0.15) is 12.4 Å². The van der Waals surface area contributed by atoms with Gasteiger partial charge in [0, 0.05) is 8.43 Å². The number of phenolic OH excluding ortho intramolecular Hbond substituents is 1. The van der Waals surface area contributed by atoms with Gasteiger partial charge in [0.25, 0.3) is 0 Å². The minimum atomic E-state index is -2.84. The Bertz CT molecular complexity index is 847. The monoisotopic (exact) mass is 316 g/mol. The smallest absolute Gasteiger partial charge is 0.307 e. The summed E-state index contributed by atoms with van der Waals surface area (Å²) in [6.45, 7) is 0. The molecule has 0 aliphatic carbocycles. The Kier molecular flexibility index (Phi) is 2.74. The number of aliphatic carboxylic acids is 1. The van der Waals surface area contributed by atoms with E-state index in [2.05, 4.69) is 5.32 Å². The van der Waals surface area contributed by atoms with E-state index in [-0.39, 0.29) is 27.2 Å². The summed E-state index contributed by atoms with van der Waals surface area (Å²) in [7, 11) is 0. The highest BCUT2D eigenvalue weighted by molar-refractivity contribution is 6.39. The van der Waals surface area contributed by atoms with Crippen LogP contribution in [0.25, 0.3) is 0 Å². The van der Waals surface area contributed by atoms with Gasteiger partial charge in [0.1, 0.15) is 5.75 Å². The average molecular weight is 317 g/mol. The molecule has 0 unspecified atom stereocenters. The van der Waals surface area contributed by atoms with Crippen LogP contribution in [0, 0.1) is 0 Å². The van der Waals surface area contributed by atoms with Crippen LogP contribution in [0.2, 0.25) is 10.0 Å². The Morgan fingerprint density at radius 3 is 2.60 bits per heavy atom. The van der Waals surface area contributed by atoms with Crippen molar-refractivity contribution in [2.45, 2.75) is 6.37 Å². The lowest BCUT2D eigenvalue weighted by molar-refractivity contribution is -0.136. The first-order chi connectivity index (χ1) is 11.5. The van der Waals surface area contributed by atoms with Crippen LogP contribution in [0.15, 0.2) is 36.3 Å². The summed E-state index contributed by atoms with van der Waals surface area (Å²) in [5, 5.41) is 20.7. The summed E-state index contributed by atoms with van der Waals surface area (Å²) < 4.78 is 38.4. The summed E-state index contributed by atoms with van der Waals surface area (Å²) in [5.41, 5.74) is -0.617. The SMILES string of the molecule is [2H]c1c([2H])c(Cl)c(Nc2ccc(O)cc2C([2H])([2H])C(=O)O)c(Cl)c1[2H]. The van der Waals surface area contributed by atoms with Crippen molar-refractivity contribution in [2.24, 2.45) is 0 Å². The fourth-order valence-electron chi connectivity index (χ4n) is 1.47. The van der Waals surface area contributed by atoms with Crippen molar-refractivity contribution in [1.29, 1.82) is 0 Å². The highest BCUT2D eigenvalue weighted by Gasteiger charge is 2.11. The Labute approximate surface area is 132 Å². The molecule has 0 fully saturated rings. The maximum atomic E-state index is 11.2. The number of nitrogens with one attached hydrogen (secondary N) is 1. The minimum Gasteiger partial charge on any atom is -0.508 e. The summed E-state index contributed by atoms with van der Waals surface area (Å²) in [6, 6.07) is 1.93. The number of para-hydroxylation sites is 1. The van der Waals surface area contributed by atoms with E-state index in [9.17, 15) is 9.90 Å². The van der Waals surface area contributed by atoms with Gasteiger partial charge in [-0.2, -0.15) is 0 Å². The normalized spacial score (nSPS) is 14.6. The van der Waals surface area contributed by atoms with Gasteiger partial charge in [-0.05, 0) is 35.8 Å². The number of phenols is 1. The Hall–Kier alpha value is -1.91. The summed E-state index contributed by atoms with van der Waals surface area (Å²) in [4.78, 5) is 11.2. The van der Waals surface area contributed by atoms with Gasteiger partial charge in [-0.15, -0.1) is 0 Å². The number of carboxylic acids is 1. The quantitative estimate of drug-likeness (QED) is 0.744. The van der Waals surface area contributed by atoms with E-state index in [0.29, 0.717) is 0 Å². The van der Waals surface area contributed by atoms with Gasteiger partial charge in [-0.25, -0.2) is 0 Å². The number of benzene rings is 2. The maximum Gasteiger partial charge on any atom is 0.307 e. The molecule has 3 N–H and O–H groups in total. The van der Waals surface area contributed by atoms with Crippen LogP contribution in [0.4, 0.5) is 11.4 Å². The van der Waals surface area contributed by atoms with Gasteiger partial charge < -0.3 is 15.5 Å². The van der Waals surface area contributed by atoms with Crippen LogP contribution >= 0.6 is 23.2 Å². The molecule has 0 aromatic heterocycles. The molecule has 0 spiro atoms.